The Kier molecular flexibility index (Phi) is 3.63. The first-order chi connectivity index (χ1) is 11.7. The van der Waals surface area contributed by atoms with Crippen molar-refractivity contribution >= 4 is 17.3 Å². The molecule has 3 aromatic rings. The predicted octanol–water partition coefficient (Wildman–Crippen LogP) is 4.09. The van der Waals surface area contributed by atoms with E-state index in [9.17, 15) is 9.18 Å². The summed E-state index contributed by atoms with van der Waals surface area (Å²) >= 11 is 0. The van der Waals surface area contributed by atoms with Gasteiger partial charge in [-0.3, -0.25) is 9.67 Å². The average Bonchev–Trinajstić information content (AvgIpc) is 2.96. The van der Waals surface area contributed by atoms with Crippen molar-refractivity contribution in [2.24, 2.45) is 5.92 Å². The molecular weight excluding hydrogens is 305 g/mol. The predicted molar refractivity (Wildman–Crippen MR) is 90.1 cm³/mol. The van der Waals surface area contributed by atoms with Gasteiger partial charge in [-0.1, -0.05) is 12.5 Å². The van der Waals surface area contributed by atoms with Crippen molar-refractivity contribution in [1.82, 2.24) is 14.8 Å². The van der Waals surface area contributed by atoms with E-state index in [0.717, 1.165) is 41.3 Å². The maximum atomic E-state index is 13.5. The van der Waals surface area contributed by atoms with E-state index in [1.165, 1.54) is 12.5 Å². The van der Waals surface area contributed by atoms with E-state index in [1.807, 2.05) is 12.1 Å². The van der Waals surface area contributed by atoms with E-state index in [-0.39, 0.29) is 11.9 Å². The van der Waals surface area contributed by atoms with Crippen LogP contribution in [-0.4, -0.2) is 21.1 Å². The summed E-state index contributed by atoms with van der Waals surface area (Å²) in [5.74, 6) is 0.145. The highest BCUT2D eigenvalue weighted by Gasteiger charge is 2.29. The summed E-state index contributed by atoms with van der Waals surface area (Å²) < 4.78 is 15.3. The molecule has 0 amide bonds. The van der Waals surface area contributed by atoms with Crippen molar-refractivity contribution < 1.29 is 9.18 Å². The lowest BCUT2D eigenvalue weighted by atomic mass is 9.80. The first-order valence-corrected chi connectivity index (χ1v) is 8.22. The molecule has 1 aliphatic carbocycles. The number of fused-ring (bicyclic) bond motifs is 1. The zero-order chi connectivity index (χ0) is 16.7. The lowest BCUT2D eigenvalue weighted by molar-refractivity contribution is -0.113. The van der Waals surface area contributed by atoms with E-state index < -0.39 is 0 Å². The molecule has 2 aromatic heterocycles. The van der Waals surface area contributed by atoms with Gasteiger partial charge in [-0.25, -0.2) is 4.39 Å². The monoisotopic (exact) mass is 323 g/mol. The van der Waals surface area contributed by atoms with Crippen LogP contribution in [-0.2, 0) is 4.79 Å². The van der Waals surface area contributed by atoms with E-state index in [1.54, 1.807) is 30.1 Å². The van der Waals surface area contributed by atoms with Crippen molar-refractivity contribution in [2.75, 3.05) is 0 Å². The number of rotatable bonds is 4. The minimum Gasteiger partial charge on any atom is -0.301 e. The summed E-state index contributed by atoms with van der Waals surface area (Å²) in [5, 5.41) is 4.40. The standard InChI is InChI=1S/C19H18FN3O/c1-12-7-14(5-6-16(12)20)15-8-18-17(21-9-15)10-22-23(18)19(11-24)13-3-2-4-13/h5-11,13,19H,2-4H2,1H3/t19-/m1/s1. The zero-order valence-corrected chi connectivity index (χ0v) is 13.4. The SMILES string of the molecule is Cc1cc(-c2cnc3cnn([C@H](C=O)C4CCC4)c3c2)ccc1F. The molecule has 1 atom stereocenters. The van der Waals surface area contributed by atoms with Crippen molar-refractivity contribution in [3.8, 4) is 11.1 Å². The molecule has 1 aromatic carbocycles. The van der Waals surface area contributed by atoms with Gasteiger partial charge in [0.15, 0.2) is 0 Å². The normalized spacial score (nSPS) is 16.1. The maximum absolute atomic E-state index is 13.5. The topological polar surface area (TPSA) is 47.8 Å². The molecule has 1 saturated carbocycles. The maximum Gasteiger partial charge on any atom is 0.144 e. The van der Waals surface area contributed by atoms with Crippen LogP contribution in [0.3, 0.4) is 0 Å². The average molecular weight is 323 g/mol. The number of hydrogen-bond donors (Lipinski definition) is 0. The van der Waals surface area contributed by atoms with Gasteiger partial charge >= 0.3 is 0 Å². The molecule has 0 aliphatic heterocycles. The molecule has 1 fully saturated rings. The van der Waals surface area contributed by atoms with Gasteiger partial charge in [-0.05, 0) is 55.0 Å². The third-order valence-corrected chi connectivity index (χ3v) is 4.99. The Morgan fingerprint density at radius 2 is 2.08 bits per heavy atom. The number of pyridine rings is 1. The van der Waals surface area contributed by atoms with E-state index in [4.69, 9.17) is 0 Å². The van der Waals surface area contributed by atoms with Crippen LogP contribution in [0.25, 0.3) is 22.2 Å². The van der Waals surface area contributed by atoms with Crippen LogP contribution < -0.4 is 0 Å². The highest BCUT2D eigenvalue weighted by molar-refractivity contribution is 5.81. The molecule has 2 heterocycles. The van der Waals surface area contributed by atoms with Crippen LogP contribution in [0.1, 0.15) is 30.9 Å². The van der Waals surface area contributed by atoms with Gasteiger partial charge in [0.1, 0.15) is 23.7 Å². The van der Waals surface area contributed by atoms with Gasteiger partial charge in [0.25, 0.3) is 0 Å². The molecule has 24 heavy (non-hydrogen) atoms. The number of carbonyl (C=O) groups excluding carboxylic acids is 1. The lowest BCUT2D eigenvalue weighted by Crippen LogP contribution is -2.27. The van der Waals surface area contributed by atoms with Gasteiger partial charge in [-0.15, -0.1) is 0 Å². The molecule has 4 rings (SSSR count). The Bertz CT molecular complexity index is 914. The summed E-state index contributed by atoms with van der Waals surface area (Å²) in [4.78, 5) is 16.1. The van der Waals surface area contributed by atoms with Gasteiger partial charge in [-0.2, -0.15) is 5.10 Å². The Hall–Kier alpha value is -2.56. The first-order valence-electron chi connectivity index (χ1n) is 8.22. The largest absolute Gasteiger partial charge is 0.301 e. The molecule has 0 unspecified atom stereocenters. The number of halogens is 1. The van der Waals surface area contributed by atoms with Crippen LogP contribution in [0.15, 0.2) is 36.7 Å². The highest BCUT2D eigenvalue weighted by atomic mass is 19.1. The molecule has 0 radical (unpaired) electrons. The fraction of sp³-hybridized carbons (Fsp3) is 0.316. The van der Waals surface area contributed by atoms with Crippen LogP contribution in [0.2, 0.25) is 0 Å². The molecule has 0 N–H and O–H groups in total. The lowest BCUT2D eigenvalue weighted by Gasteiger charge is -2.30. The molecule has 122 valence electrons. The Morgan fingerprint density at radius 1 is 1.25 bits per heavy atom. The van der Waals surface area contributed by atoms with Gasteiger partial charge in [0, 0.05) is 11.8 Å². The van der Waals surface area contributed by atoms with E-state index >= 15 is 0 Å². The number of nitrogens with zero attached hydrogens (tertiary/aromatic N) is 3. The number of benzene rings is 1. The smallest absolute Gasteiger partial charge is 0.144 e. The second-order valence-electron chi connectivity index (χ2n) is 6.50. The highest BCUT2D eigenvalue weighted by Crippen LogP contribution is 2.36. The summed E-state index contributed by atoms with van der Waals surface area (Å²) in [6.45, 7) is 1.74. The van der Waals surface area contributed by atoms with Gasteiger partial charge in [0.2, 0.25) is 0 Å². The third-order valence-electron chi connectivity index (χ3n) is 4.99. The Morgan fingerprint density at radius 3 is 2.75 bits per heavy atom. The minimum absolute atomic E-state index is 0.219. The molecule has 5 heteroatoms. The number of hydrogen-bond acceptors (Lipinski definition) is 3. The van der Waals surface area contributed by atoms with Gasteiger partial charge < -0.3 is 4.79 Å². The van der Waals surface area contributed by atoms with Crippen LogP contribution in [0, 0.1) is 18.7 Å². The molecular formula is C19H18FN3O. The summed E-state index contributed by atoms with van der Waals surface area (Å²) in [7, 11) is 0. The summed E-state index contributed by atoms with van der Waals surface area (Å²) in [5.41, 5.74) is 4.01. The fourth-order valence-corrected chi connectivity index (χ4v) is 3.30. The Balaban J connectivity index is 1.80. The third kappa shape index (κ3) is 2.40. The molecule has 0 spiro atoms. The van der Waals surface area contributed by atoms with Gasteiger partial charge in [0.05, 0.1) is 11.7 Å². The van der Waals surface area contributed by atoms with Crippen molar-refractivity contribution in [1.29, 1.82) is 0 Å². The second kappa shape index (κ2) is 5.82. The molecule has 4 nitrogen and oxygen atoms in total. The summed E-state index contributed by atoms with van der Waals surface area (Å²) in [6, 6.07) is 6.77. The fourth-order valence-electron chi connectivity index (χ4n) is 3.30. The molecule has 1 aliphatic rings. The summed E-state index contributed by atoms with van der Waals surface area (Å²) in [6.07, 6.45) is 7.76. The first kappa shape index (κ1) is 15.0. The van der Waals surface area contributed by atoms with Crippen molar-refractivity contribution in [2.45, 2.75) is 32.2 Å². The van der Waals surface area contributed by atoms with E-state index in [0.29, 0.717) is 11.5 Å². The van der Waals surface area contributed by atoms with Crippen molar-refractivity contribution in [3.05, 3.63) is 48.0 Å². The number of aldehydes is 1. The minimum atomic E-state index is -0.233. The molecule has 0 bridgehead atoms. The van der Waals surface area contributed by atoms with Crippen molar-refractivity contribution in [3.63, 3.8) is 0 Å². The zero-order valence-electron chi connectivity index (χ0n) is 13.4. The second-order valence-corrected chi connectivity index (χ2v) is 6.50. The van der Waals surface area contributed by atoms with Crippen LogP contribution in [0.4, 0.5) is 4.39 Å². The van der Waals surface area contributed by atoms with Crippen LogP contribution >= 0.6 is 0 Å². The Labute approximate surface area is 139 Å². The number of aromatic nitrogens is 3. The van der Waals surface area contributed by atoms with E-state index in [2.05, 4.69) is 10.1 Å². The number of carbonyl (C=O) groups is 1. The molecule has 0 saturated heterocycles. The number of aryl methyl sites for hydroxylation is 1. The van der Waals surface area contributed by atoms with Crippen LogP contribution in [0.5, 0.6) is 0 Å². The quantitative estimate of drug-likeness (QED) is 0.680.